The maximum atomic E-state index is 12.7. The molecule has 0 unspecified atom stereocenters. The number of likely N-dealkylation sites (tertiary alicyclic amines) is 1. The molecule has 1 fully saturated rings. The van der Waals surface area contributed by atoms with Gasteiger partial charge in [0, 0.05) is 23.9 Å². The van der Waals surface area contributed by atoms with Gasteiger partial charge in [-0.1, -0.05) is 6.07 Å². The van der Waals surface area contributed by atoms with Crippen LogP contribution in [0.4, 0.5) is 4.79 Å². The van der Waals surface area contributed by atoms with Crippen molar-refractivity contribution >= 4 is 23.3 Å². The summed E-state index contributed by atoms with van der Waals surface area (Å²) in [6.07, 6.45) is -0.683. The second-order valence-corrected chi connectivity index (χ2v) is 6.51. The van der Waals surface area contributed by atoms with Crippen LogP contribution < -0.4 is 0 Å². The minimum Gasteiger partial charge on any atom is -0.480 e. The van der Waals surface area contributed by atoms with Crippen LogP contribution in [0.1, 0.15) is 25.1 Å². The van der Waals surface area contributed by atoms with Crippen molar-refractivity contribution in [2.24, 2.45) is 0 Å². The molecular weight excluding hydrogens is 292 g/mol. The molecule has 2 N–H and O–H groups in total. The van der Waals surface area contributed by atoms with E-state index in [9.17, 15) is 19.8 Å². The Bertz CT molecular complexity index is 503. The van der Waals surface area contributed by atoms with Crippen molar-refractivity contribution in [3.63, 3.8) is 0 Å². The summed E-state index contributed by atoms with van der Waals surface area (Å²) in [5, 5.41) is 20.8. The predicted octanol–water partition coefficient (Wildman–Crippen LogP) is 1.60. The number of rotatable bonds is 4. The van der Waals surface area contributed by atoms with E-state index < -0.39 is 18.1 Å². The van der Waals surface area contributed by atoms with Crippen LogP contribution in [-0.2, 0) is 11.3 Å². The van der Waals surface area contributed by atoms with E-state index in [4.69, 9.17) is 0 Å². The maximum absolute atomic E-state index is 12.7. The quantitative estimate of drug-likeness (QED) is 0.885. The Hall–Kier alpha value is -1.60. The van der Waals surface area contributed by atoms with Crippen molar-refractivity contribution in [1.29, 1.82) is 0 Å². The van der Waals surface area contributed by atoms with Gasteiger partial charge in [-0.25, -0.2) is 9.59 Å². The van der Waals surface area contributed by atoms with E-state index in [1.54, 1.807) is 16.2 Å². The van der Waals surface area contributed by atoms with Crippen molar-refractivity contribution in [2.75, 3.05) is 6.54 Å². The van der Waals surface area contributed by atoms with Gasteiger partial charge in [0.05, 0.1) is 12.6 Å². The fourth-order valence-corrected chi connectivity index (χ4v) is 3.17. The topological polar surface area (TPSA) is 81.1 Å². The number of aliphatic hydroxyl groups excluding tert-OH is 1. The number of β-amino-alcohol motifs (C(OH)–C–C–N with tert-alkyl or cyclic N) is 1. The molecule has 0 saturated carbocycles. The lowest BCUT2D eigenvalue weighted by Gasteiger charge is -2.32. The number of thiophene rings is 1. The first-order chi connectivity index (χ1) is 9.90. The van der Waals surface area contributed by atoms with Crippen LogP contribution in [0.5, 0.6) is 0 Å². The van der Waals surface area contributed by atoms with Crippen molar-refractivity contribution in [3.8, 4) is 0 Å². The summed E-state index contributed by atoms with van der Waals surface area (Å²) in [7, 11) is 0. The van der Waals surface area contributed by atoms with Crippen LogP contribution in [0, 0.1) is 0 Å². The van der Waals surface area contributed by atoms with Gasteiger partial charge in [0.15, 0.2) is 0 Å². The Morgan fingerprint density at radius 2 is 2.24 bits per heavy atom. The van der Waals surface area contributed by atoms with Crippen LogP contribution in [0.2, 0.25) is 0 Å². The Morgan fingerprint density at radius 3 is 2.76 bits per heavy atom. The summed E-state index contributed by atoms with van der Waals surface area (Å²) >= 11 is 1.56. The second kappa shape index (κ2) is 6.44. The van der Waals surface area contributed by atoms with E-state index in [-0.39, 0.29) is 25.0 Å². The first-order valence-corrected chi connectivity index (χ1v) is 7.78. The Labute approximate surface area is 127 Å². The van der Waals surface area contributed by atoms with E-state index >= 15 is 0 Å². The molecular formula is C14H20N2O4S. The smallest absolute Gasteiger partial charge is 0.326 e. The van der Waals surface area contributed by atoms with Crippen molar-refractivity contribution < 1.29 is 19.8 Å². The molecule has 6 nitrogen and oxygen atoms in total. The highest BCUT2D eigenvalue weighted by Crippen LogP contribution is 2.23. The molecule has 2 atom stereocenters. The third kappa shape index (κ3) is 3.54. The van der Waals surface area contributed by atoms with Crippen LogP contribution in [0.3, 0.4) is 0 Å². The predicted molar refractivity (Wildman–Crippen MR) is 79.1 cm³/mol. The zero-order chi connectivity index (χ0) is 15.6. The average molecular weight is 312 g/mol. The van der Waals surface area contributed by atoms with Gasteiger partial charge in [0.2, 0.25) is 0 Å². The highest BCUT2D eigenvalue weighted by Gasteiger charge is 2.41. The summed E-state index contributed by atoms with van der Waals surface area (Å²) in [5.74, 6) is -1.07. The number of amides is 2. The van der Waals surface area contributed by atoms with Gasteiger partial charge in [-0.3, -0.25) is 0 Å². The van der Waals surface area contributed by atoms with Gasteiger partial charge in [-0.05, 0) is 25.3 Å². The van der Waals surface area contributed by atoms with E-state index in [2.05, 4.69) is 0 Å². The van der Waals surface area contributed by atoms with Crippen molar-refractivity contribution in [2.45, 2.75) is 45.0 Å². The molecule has 2 rings (SSSR count). The first-order valence-electron chi connectivity index (χ1n) is 6.90. The molecule has 0 bridgehead atoms. The highest BCUT2D eigenvalue weighted by molar-refractivity contribution is 7.09. The van der Waals surface area contributed by atoms with Gasteiger partial charge in [0.25, 0.3) is 0 Å². The molecule has 0 aromatic carbocycles. The van der Waals surface area contributed by atoms with Crippen LogP contribution in [-0.4, -0.2) is 56.7 Å². The maximum Gasteiger partial charge on any atom is 0.326 e. The summed E-state index contributed by atoms with van der Waals surface area (Å²) in [6, 6.07) is 2.54. The number of carboxylic acids is 1. The number of aliphatic carboxylic acids is 1. The number of hydrogen-bond donors (Lipinski definition) is 2. The minimum atomic E-state index is -1.07. The van der Waals surface area contributed by atoms with E-state index in [1.165, 1.54) is 4.90 Å². The zero-order valence-corrected chi connectivity index (χ0v) is 12.9. The molecule has 0 aliphatic carbocycles. The van der Waals surface area contributed by atoms with Crippen molar-refractivity contribution in [3.05, 3.63) is 22.4 Å². The molecule has 1 aromatic heterocycles. The monoisotopic (exact) mass is 312 g/mol. The molecule has 0 spiro atoms. The number of carboxylic acid groups (broad SMARTS) is 1. The normalized spacial score (nSPS) is 21.8. The molecule has 21 heavy (non-hydrogen) atoms. The molecule has 1 saturated heterocycles. The summed E-state index contributed by atoms with van der Waals surface area (Å²) in [4.78, 5) is 27.9. The van der Waals surface area contributed by atoms with E-state index in [0.29, 0.717) is 6.54 Å². The first kappa shape index (κ1) is 15.8. The van der Waals surface area contributed by atoms with Gasteiger partial charge in [0.1, 0.15) is 6.04 Å². The van der Waals surface area contributed by atoms with Gasteiger partial charge in [-0.15, -0.1) is 11.3 Å². The third-order valence-corrected chi connectivity index (χ3v) is 4.45. The Balaban J connectivity index is 2.16. The molecule has 1 aliphatic rings. The Kier molecular flexibility index (Phi) is 4.84. The molecule has 116 valence electrons. The van der Waals surface area contributed by atoms with Crippen LogP contribution in [0.25, 0.3) is 0 Å². The fraction of sp³-hybridized carbons (Fsp3) is 0.571. The summed E-state index contributed by atoms with van der Waals surface area (Å²) in [5.41, 5.74) is 0. The standard InChI is InChI=1S/C14H20N2O4S/c1-9(2)15(8-11-4-3-5-21-11)14(20)16-7-10(17)6-12(16)13(18)19/h3-5,9-10,12,17H,6-8H2,1-2H3,(H,18,19)/t10-,12-/m0/s1. The lowest BCUT2D eigenvalue weighted by atomic mass is 10.2. The molecule has 1 aromatic rings. The Morgan fingerprint density at radius 1 is 1.52 bits per heavy atom. The summed E-state index contributed by atoms with van der Waals surface area (Å²) < 4.78 is 0. The number of nitrogens with zero attached hydrogens (tertiary/aromatic N) is 2. The van der Waals surface area contributed by atoms with Gasteiger partial charge < -0.3 is 20.0 Å². The third-order valence-electron chi connectivity index (χ3n) is 3.59. The number of aliphatic hydroxyl groups is 1. The molecule has 1 aliphatic heterocycles. The van der Waals surface area contributed by atoms with E-state index in [1.807, 2.05) is 31.4 Å². The van der Waals surface area contributed by atoms with Crippen LogP contribution >= 0.6 is 11.3 Å². The van der Waals surface area contributed by atoms with Crippen LogP contribution in [0.15, 0.2) is 17.5 Å². The SMILES string of the molecule is CC(C)N(Cc1cccs1)C(=O)N1C[C@@H](O)C[C@H]1C(=O)O. The lowest BCUT2D eigenvalue weighted by molar-refractivity contribution is -0.141. The number of hydrogen-bond acceptors (Lipinski definition) is 4. The molecule has 2 amide bonds. The number of carbonyl (C=O) groups excluding carboxylic acids is 1. The molecule has 0 radical (unpaired) electrons. The average Bonchev–Trinajstić information content (AvgIpc) is 3.03. The molecule has 2 heterocycles. The zero-order valence-electron chi connectivity index (χ0n) is 12.1. The van der Waals surface area contributed by atoms with Gasteiger partial charge in [-0.2, -0.15) is 0 Å². The summed E-state index contributed by atoms with van der Waals surface area (Å²) in [6.45, 7) is 4.32. The second-order valence-electron chi connectivity index (χ2n) is 5.48. The van der Waals surface area contributed by atoms with E-state index in [0.717, 1.165) is 4.88 Å². The molecule has 7 heteroatoms. The number of urea groups is 1. The van der Waals surface area contributed by atoms with Gasteiger partial charge >= 0.3 is 12.0 Å². The highest BCUT2D eigenvalue weighted by atomic mass is 32.1. The number of carbonyl (C=O) groups is 2. The van der Waals surface area contributed by atoms with Crippen molar-refractivity contribution in [1.82, 2.24) is 9.80 Å². The lowest BCUT2D eigenvalue weighted by Crippen LogP contribution is -2.50. The minimum absolute atomic E-state index is 0.0493. The fourth-order valence-electron chi connectivity index (χ4n) is 2.47. The largest absolute Gasteiger partial charge is 0.480 e.